The largest absolute Gasteiger partial charge is 0.472 e. The van der Waals surface area contributed by atoms with Crippen LogP contribution in [-0.2, 0) is 27.9 Å². The molecule has 0 aromatic carbocycles. The monoisotopic (exact) mass is 1160 g/mol. The topological polar surface area (TPSA) is 111 Å². The molecular weight excluding hydrogens is 1040 g/mol. The van der Waals surface area contributed by atoms with Gasteiger partial charge in [-0.2, -0.15) is 0 Å². The second-order valence-corrected chi connectivity index (χ2v) is 24.9. The molecule has 0 saturated heterocycles. The summed E-state index contributed by atoms with van der Waals surface area (Å²) in [6.45, 7) is 6.81. The summed E-state index contributed by atoms with van der Waals surface area (Å²) in [7, 11) is 1.46. The number of amides is 1. The normalized spacial score (nSPS) is 14.4. The van der Waals surface area contributed by atoms with Crippen molar-refractivity contribution in [3.8, 4) is 0 Å². The van der Waals surface area contributed by atoms with Gasteiger partial charge < -0.3 is 19.4 Å². The smallest absolute Gasteiger partial charge is 0.456 e. The molecule has 0 heterocycles. The van der Waals surface area contributed by atoms with Crippen LogP contribution >= 0.6 is 7.82 Å². The van der Waals surface area contributed by atoms with E-state index < -0.39 is 20.0 Å². The molecular formula is C72H126N2O7P+. The molecule has 0 aliphatic rings. The highest BCUT2D eigenvalue weighted by atomic mass is 31.2. The van der Waals surface area contributed by atoms with Crippen LogP contribution in [0.5, 0.6) is 0 Å². The number of phosphoric acid groups is 1. The Morgan fingerprint density at radius 2 is 0.829 bits per heavy atom. The molecule has 82 heavy (non-hydrogen) atoms. The van der Waals surface area contributed by atoms with E-state index in [9.17, 15) is 19.0 Å². The van der Waals surface area contributed by atoms with Crippen LogP contribution in [0.3, 0.4) is 0 Å². The van der Waals surface area contributed by atoms with E-state index in [2.05, 4.69) is 74.7 Å². The Balaban J connectivity index is 5.14. The molecule has 0 aromatic heterocycles. The first kappa shape index (κ1) is 78.4. The lowest BCUT2D eigenvalue weighted by atomic mass is 10.0. The van der Waals surface area contributed by atoms with Crippen molar-refractivity contribution in [2.75, 3.05) is 40.9 Å². The Bertz CT molecular complexity index is 1820. The number of nitrogens with one attached hydrogen (secondary N) is 1. The summed E-state index contributed by atoms with van der Waals surface area (Å²) in [6.07, 6.45) is 84.9. The van der Waals surface area contributed by atoms with Crippen LogP contribution in [0, 0.1) is 0 Å². The molecule has 470 valence electrons. The van der Waals surface area contributed by atoms with Crippen molar-refractivity contribution < 1.29 is 37.3 Å². The van der Waals surface area contributed by atoms with Gasteiger partial charge in [0, 0.05) is 12.8 Å². The lowest BCUT2D eigenvalue weighted by molar-refractivity contribution is -0.870. The molecule has 0 bridgehead atoms. The van der Waals surface area contributed by atoms with Crippen molar-refractivity contribution in [1.82, 2.24) is 5.32 Å². The van der Waals surface area contributed by atoms with Crippen molar-refractivity contribution in [3.63, 3.8) is 0 Å². The minimum absolute atomic E-state index is 0.0267. The third-order valence-electron chi connectivity index (χ3n) is 14.3. The fourth-order valence-electron chi connectivity index (χ4n) is 9.16. The van der Waals surface area contributed by atoms with E-state index >= 15 is 0 Å². The van der Waals surface area contributed by atoms with Crippen LogP contribution in [0.15, 0.2) is 122 Å². The zero-order valence-corrected chi connectivity index (χ0v) is 54.6. The maximum atomic E-state index is 13.6. The zero-order valence-electron chi connectivity index (χ0n) is 53.7. The number of esters is 1. The number of ether oxygens (including phenoxy) is 1. The van der Waals surface area contributed by atoms with Gasteiger partial charge in [0.15, 0.2) is 0 Å². The maximum Gasteiger partial charge on any atom is 0.472 e. The Morgan fingerprint density at radius 3 is 1.32 bits per heavy atom. The van der Waals surface area contributed by atoms with E-state index in [1.165, 1.54) is 154 Å². The highest BCUT2D eigenvalue weighted by Gasteiger charge is 2.30. The molecule has 0 aliphatic heterocycles. The molecule has 0 aliphatic carbocycles. The van der Waals surface area contributed by atoms with Crippen molar-refractivity contribution in [2.24, 2.45) is 0 Å². The number of carbonyl (C=O) groups excluding carboxylic acids is 2. The van der Waals surface area contributed by atoms with Crippen LogP contribution in [0.2, 0.25) is 0 Å². The van der Waals surface area contributed by atoms with Gasteiger partial charge in [-0.1, -0.05) is 290 Å². The van der Waals surface area contributed by atoms with Gasteiger partial charge in [-0.15, -0.1) is 0 Å². The van der Waals surface area contributed by atoms with Crippen molar-refractivity contribution >= 4 is 19.7 Å². The lowest BCUT2D eigenvalue weighted by Crippen LogP contribution is -2.47. The first-order chi connectivity index (χ1) is 39.9. The number of carbonyl (C=O) groups is 2. The average molecular weight is 1160 g/mol. The van der Waals surface area contributed by atoms with Crippen molar-refractivity contribution in [2.45, 2.75) is 283 Å². The van der Waals surface area contributed by atoms with Gasteiger partial charge in [0.2, 0.25) is 5.91 Å². The number of unbranched alkanes of at least 4 members (excludes halogenated alkanes) is 30. The van der Waals surface area contributed by atoms with Crippen LogP contribution in [0.1, 0.15) is 271 Å². The molecule has 0 spiro atoms. The molecule has 3 unspecified atom stereocenters. The summed E-state index contributed by atoms with van der Waals surface area (Å²) in [4.78, 5) is 37.8. The predicted molar refractivity (Wildman–Crippen MR) is 355 cm³/mol. The second kappa shape index (κ2) is 60.5. The highest BCUT2D eigenvalue weighted by molar-refractivity contribution is 7.47. The quantitative estimate of drug-likeness (QED) is 0.0156. The molecule has 9 nitrogen and oxygen atoms in total. The number of phosphoric ester groups is 1. The minimum Gasteiger partial charge on any atom is -0.456 e. The van der Waals surface area contributed by atoms with Crippen LogP contribution in [-0.4, -0.2) is 74.3 Å². The Hall–Kier alpha value is -3.59. The molecule has 0 saturated carbocycles. The summed E-state index contributed by atoms with van der Waals surface area (Å²) in [5.41, 5.74) is 0. The average Bonchev–Trinajstić information content (AvgIpc) is 3.44. The number of rotatable bonds is 59. The molecule has 1 amide bonds. The first-order valence-electron chi connectivity index (χ1n) is 33.4. The third kappa shape index (κ3) is 61.0. The maximum absolute atomic E-state index is 13.6. The number of nitrogens with zero attached hydrogens (tertiary/aromatic N) is 1. The molecule has 10 heteroatoms. The van der Waals surface area contributed by atoms with E-state index in [1.807, 2.05) is 94.1 Å². The SMILES string of the molecule is CC\C=C/C=C/C=C/C=C\C=C\C=C\CCCCCC(=O)OC(/C=C\CCCCCCCCCCCC)C(COP(=O)(O)OCC[N+](C)(C)C)NC(=O)CCCCCCCCCCCCCCCC/C=C\C/C=C\C/C=C\CCCCC. The van der Waals surface area contributed by atoms with Crippen LogP contribution in [0.4, 0.5) is 0 Å². The lowest BCUT2D eigenvalue weighted by Gasteiger charge is -2.27. The van der Waals surface area contributed by atoms with Gasteiger partial charge in [-0.3, -0.25) is 18.6 Å². The van der Waals surface area contributed by atoms with Crippen molar-refractivity contribution in [1.29, 1.82) is 0 Å². The Labute approximate surface area is 505 Å². The molecule has 0 rings (SSSR count). The fraction of sp³-hybridized carbons (Fsp3) is 0.694. The first-order valence-corrected chi connectivity index (χ1v) is 34.9. The van der Waals surface area contributed by atoms with E-state index in [1.54, 1.807) is 0 Å². The second-order valence-electron chi connectivity index (χ2n) is 23.4. The van der Waals surface area contributed by atoms with E-state index in [0.29, 0.717) is 23.9 Å². The van der Waals surface area contributed by atoms with Crippen molar-refractivity contribution in [3.05, 3.63) is 122 Å². The third-order valence-corrected chi connectivity index (χ3v) is 15.3. The summed E-state index contributed by atoms with van der Waals surface area (Å²) in [5, 5.41) is 3.05. The number of hydrogen-bond donors (Lipinski definition) is 2. The number of hydrogen-bond acceptors (Lipinski definition) is 6. The summed E-state index contributed by atoms with van der Waals surface area (Å²) >= 11 is 0. The van der Waals surface area contributed by atoms with Crippen LogP contribution in [0.25, 0.3) is 0 Å². The molecule has 0 aromatic rings. The number of likely N-dealkylation sites (N-methyl/N-ethyl adjacent to an activating group) is 1. The zero-order chi connectivity index (χ0) is 60.0. The minimum atomic E-state index is -4.47. The molecule has 0 fully saturated rings. The fourth-order valence-corrected chi connectivity index (χ4v) is 9.89. The number of quaternary nitrogens is 1. The summed E-state index contributed by atoms with van der Waals surface area (Å²) < 4.78 is 30.7. The van der Waals surface area contributed by atoms with E-state index in [4.69, 9.17) is 13.8 Å². The standard InChI is InChI=1S/C72H125N2O7P/c1-7-10-13-16-19-22-25-28-30-32-33-34-35-36-37-38-39-40-41-43-44-46-49-52-55-58-61-64-71(75)73-69(68-80-82(77,78)79-67-66-74(4,5)6)70(63-60-57-54-51-48-27-24-21-18-15-12-9-3)81-72(76)65-62-59-56-53-50-47-45-42-31-29-26-23-20-17-14-11-8-2/h11,14,17,19-20,22-23,26,28-31,33-34,42,45,47,50,60,63,69-70H,7-10,12-13,15-16,18,21,24-25,27,32,35-41,43-44,46,48-49,51-59,61-62,64-68H2,1-6H3,(H-,73,75,77,78)/p+1/b14-11-,20-17+,22-19-,26-23+,30-28-,31-29-,34-33-,45-42+,50-47+,63-60-. The molecule has 0 radical (unpaired) electrons. The Morgan fingerprint density at radius 1 is 0.451 bits per heavy atom. The van der Waals surface area contributed by atoms with Gasteiger partial charge in [0.25, 0.3) is 0 Å². The summed E-state index contributed by atoms with van der Waals surface area (Å²) in [6, 6.07) is -0.875. The Kier molecular flexibility index (Phi) is 57.9. The molecule has 2 N–H and O–H groups in total. The van der Waals surface area contributed by atoms with Gasteiger partial charge in [-0.25, -0.2) is 4.57 Å². The molecule has 3 atom stereocenters. The van der Waals surface area contributed by atoms with E-state index in [0.717, 1.165) is 77.0 Å². The summed E-state index contributed by atoms with van der Waals surface area (Å²) in [5.74, 6) is -0.560. The van der Waals surface area contributed by atoms with Crippen LogP contribution < -0.4 is 5.32 Å². The van der Waals surface area contributed by atoms with Gasteiger partial charge >= 0.3 is 13.8 Å². The van der Waals surface area contributed by atoms with E-state index in [-0.39, 0.29) is 31.5 Å². The predicted octanol–water partition coefficient (Wildman–Crippen LogP) is 21.1. The van der Waals surface area contributed by atoms with Gasteiger partial charge in [0.1, 0.15) is 19.3 Å². The van der Waals surface area contributed by atoms with Gasteiger partial charge in [-0.05, 0) is 89.5 Å². The number of allylic oxidation sites excluding steroid dienone is 19. The van der Waals surface area contributed by atoms with Gasteiger partial charge in [0.05, 0.1) is 33.8 Å². The highest BCUT2D eigenvalue weighted by Crippen LogP contribution is 2.43.